The zero-order valence-corrected chi connectivity index (χ0v) is 18.6. The van der Waals surface area contributed by atoms with Crippen molar-refractivity contribution in [1.29, 1.82) is 0 Å². The summed E-state index contributed by atoms with van der Waals surface area (Å²) >= 11 is 0. The van der Waals surface area contributed by atoms with Gasteiger partial charge in [-0.1, -0.05) is 31.7 Å². The Hall–Kier alpha value is -1.81. The van der Waals surface area contributed by atoms with Crippen LogP contribution in [-0.2, 0) is 9.47 Å². The van der Waals surface area contributed by atoms with Crippen LogP contribution in [0.3, 0.4) is 0 Å². The number of fused-ring (bicyclic) bond motifs is 1. The zero-order valence-electron chi connectivity index (χ0n) is 18.6. The van der Waals surface area contributed by atoms with Crippen molar-refractivity contribution in [3.8, 4) is 5.75 Å². The van der Waals surface area contributed by atoms with E-state index < -0.39 is 30.7 Å². The molecule has 1 aliphatic rings. The molecule has 1 saturated heterocycles. The van der Waals surface area contributed by atoms with Gasteiger partial charge in [0.2, 0.25) is 0 Å². The molecular formula is C24H35NO7. The number of aliphatic hydroxyl groups is 4. The van der Waals surface area contributed by atoms with Crippen LogP contribution in [-0.4, -0.2) is 75.9 Å². The molecule has 8 heteroatoms. The largest absolute Gasteiger partial charge is 0.494 e. The lowest BCUT2D eigenvalue weighted by molar-refractivity contribution is -0.288. The van der Waals surface area contributed by atoms with Gasteiger partial charge in [0.1, 0.15) is 30.2 Å². The van der Waals surface area contributed by atoms with E-state index in [-0.39, 0.29) is 6.61 Å². The van der Waals surface area contributed by atoms with Crippen LogP contribution in [0, 0.1) is 6.92 Å². The molecule has 1 unspecified atom stereocenters. The van der Waals surface area contributed by atoms with Crippen LogP contribution in [0.1, 0.15) is 44.2 Å². The number of nitrogens with zero attached hydrogens (tertiary/aromatic N) is 1. The topological polar surface area (TPSA) is 122 Å². The van der Waals surface area contributed by atoms with Gasteiger partial charge in [-0.25, -0.2) is 0 Å². The number of pyridine rings is 1. The molecule has 2 heterocycles. The number of aliphatic hydroxyl groups excluding tert-OH is 4. The van der Waals surface area contributed by atoms with Crippen LogP contribution in [0.4, 0.5) is 0 Å². The van der Waals surface area contributed by atoms with Crippen LogP contribution in [0.15, 0.2) is 30.3 Å². The van der Waals surface area contributed by atoms with Gasteiger partial charge >= 0.3 is 0 Å². The molecule has 5 atom stereocenters. The first-order chi connectivity index (χ1) is 15.5. The Bertz CT molecular complexity index is 833. The first-order valence-electron chi connectivity index (χ1n) is 11.4. The fourth-order valence-corrected chi connectivity index (χ4v) is 3.77. The molecule has 1 aromatic carbocycles. The third-order valence-corrected chi connectivity index (χ3v) is 5.72. The van der Waals surface area contributed by atoms with Crippen LogP contribution in [0.2, 0.25) is 0 Å². The second-order valence-corrected chi connectivity index (χ2v) is 8.39. The number of hydrogen-bond acceptors (Lipinski definition) is 8. The number of ether oxygens (including phenoxy) is 3. The van der Waals surface area contributed by atoms with Crippen molar-refractivity contribution in [3.05, 3.63) is 36.0 Å². The maximum absolute atomic E-state index is 9.86. The summed E-state index contributed by atoms with van der Waals surface area (Å²) in [6, 6.07) is 10.1. The normalized spacial score (nSPS) is 25.8. The predicted molar refractivity (Wildman–Crippen MR) is 119 cm³/mol. The molecular weight excluding hydrogens is 414 g/mol. The second kappa shape index (κ2) is 12.4. The monoisotopic (exact) mass is 449 g/mol. The molecule has 4 N–H and O–H groups in total. The number of hydrogen-bond donors (Lipinski definition) is 4. The van der Waals surface area contributed by atoms with Gasteiger partial charge in [-0.15, -0.1) is 0 Å². The summed E-state index contributed by atoms with van der Waals surface area (Å²) in [5.41, 5.74) is 1.99. The zero-order chi connectivity index (χ0) is 22.9. The van der Waals surface area contributed by atoms with Crippen molar-refractivity contribution in [1.82, 2.24) is 4.98 Å². The van der Waals surface area contributed by atoms with Gasteiger partial charge in [0.05, 0.1) is 18.7 Å². The Labute approximate surface area is 188 Å². The summed E-state index contributed by atoms with van der Waals surface area (Å²) in [6.07, 6.45) is -0.343. The van der Waals surface area contributed by atoms with Crippen molar-refractivity contribution in [2.75, 3.05) is 19.8 Å². The minimum Gasteiger partial charge on any atom is -0.494 e. The second-order valence-electron chi connectivity index (χ2n) is 8.39. The van der Waals surface area contributed by atoms with Crippen molar-refractivity contribution < 1.29 is 34.6 Å². The van der Waals surface area contributed by atoms with E-state index >= 15 is 0 Å². The van der Waals surface area contributed by atoms with Gasteiger partial charge in [-0.3, -0.25) is 4.98 Å². The van der Waals surface area contributed by atoms with E-state index in [9.17, 15) is 20.4 Å². The Morgan fingerprint density at radius 2 is 1.56 bits per heavy atom. The smallest absolute Gasteiger partial charge is 0.184 e. The standard InChI is InChI=1S/C24H35NO7/c1-16-8-9-17-14-18(10-11-19(17)25-16)31-13-7-5-3-2-4-6-12-30-15-20-21(26)22(27)23(28)24(29)32-20/h8-11,14,20-24,26-29H,2-7,12-13,15H2,1H3/t20-,21-,22+,23-,24?/m1/s1. The highest BCUT2D eigenvalue weighted by Gasteiger charge is 2.42. The molecule has 0 spiro atoms. The van der Waals surface area contributed by atoms with Gasteiger partial charge < -0.3 is 34.6 Å². The molecule has 1 fully saturated rings. The number of unbranched alkanes of at least 4 members (excludes halogenated alkanes) is 5. The fourth-order valence-electron chi connectivity index (χ4n) is 3.77. The van der Waals surface area contributed by atoms with Crippen LogP contribution in [0.25, 0.3) is 10.9 Å². The molecule has 0 aliphatic carbocycles. The van der Waals surface area contributed by atoms with Gasteiger partial charge in [-0.05, 0) is 44.0 Å². The average Bonchev–Trinajstić information content (AvgIpc) is 2.79. The third-order valence-electron chi connectivity index (χ3n) is 5.72. The van der Waals surface area contributed by atoms with Gasteiger partial charge in [0.25, 0.3) is 0 Å². The minimum atomic E-state index is -1.52. The fraction of sp³-hybridized carbons (Fsp3) is 0.625. The summed E-state index contributed by atoms with van der Waals surface area (Å²) in [7, 11) is 0. The third kappa shape index (κ3) is 7.10. The quantitative estimate of drug-likeness (QED) is 0.364. The van der Waals surface area contributed by atoms with Gasteiger partial charge in [0, 0.05) is 17.7 Å². The summed E-state index contributed by atoms with van der Waals surface area (Å²) < 4.78 is 16.4. The maximum atomic E-state index is 9.86. The van der Waals surface area contributed by atoms with Gasteiger partial charge in [0.15, 0.2) is 6.29 Å². The van der Waals surface area contributed by atoms with Crippen molar-refractivity contribution in [2.45, 2.75) is 76.2 Å². The molecule has 8 nitrogen and oxygen atoms in total. The number of benzene rings is 1. The maximum Gasteiger partial charge on any atom is 0.184 e. The highest BCUT2D eigenvalue weighted by atomic mass is 16.6. The number of aromatic nitrogens is 1. The number of aryl methyl sites for hydroxylation is 1. The molecule has 0 saturated carbocycles. The predicted octanol–water partition coefficient (Wildman–Crippen LogP) is 2.08. The van der Waals surface area contributed by atoms with E-state index in [1.54, 1.807) is 0 Å². The van der Waals surface area contributed by atoms with Crippen LogP contribution in [0.5, 0.6) is 5.75 Å². The molecule has 1 aliphatic heterocycles. The van der Waals surface area contributed by atoms with Crippen molar-refractivity contribution in [3.63, 3.8) is 0 Å². The van der Waals surface area contributed by atoms with Crippen molar-refractivity contribution >= 4 is 10.9 Å². The summed E-state index contributed by atoms with van der Waals surface area (Å²) in [4.78, 5) is 4.50. The van der Waals surface area contributed by atoms with Crippen molar-refractivity contribution in [2.24, 2.45) is 0 Å². The van der Waals surface area contributed by atoms with E-state index in [4.69, 9.17) is 14.2 Å². The highest BCUT2D eigenvalue weighted by molar-refractivity contribution is 5.80. The summed E-state index contributed by atoms with van der Waals surface area (Å²) in [6.45, 7) is 3.26. The first-order valence-corrected chi connectivity index (χ1v) is 11.4. The molecule has 0 radical (unpaired) electrons. The molecule has 178 valence electrons. The lowest BCUT2D eigenvalue weighted by Crippen LogP contribution is -2.58. The molecule has 32 heavy (non-hydrogen) atoms. The minimum absolute atomic E-state index is 0.0593. The Kier molecular flexibility index (Phi) is 9.65. The Balaban J connectivity index is 1.18. The summed E-state index contributed by atoms with van der Waals surface area (Å²) in [5.74, 6) is 0.877. The van der Waals surface area contributed by atoms with Crippen LogP contribution < -0.4 is 4.74 Å². The van der Waals surface area contributed by atoms with Crippen LogP contribution >= 0.6 is 0 Å². The van der Waals surface area contributed by atoms with Gasteiger partial charge in [-0.2, -0.15) is 0 Å². The SMILES string of the molecule is Cc1ccc2cc(OCCCCCCCCOC[C@H]3OC(O)[C@H](O)[C@@H](O)[C@@H]3O)ccc2n1. The highest BCUT2D eigenvalue weighted by Crippen LogP contribution is 2.21. The Morgan fingerprint density at radius 1 is 0.844 bits per heavy atom. The number of rotatable bonds is 12. The van der Waals surface area contributed by atoms with E-state index in [1.807, 2.05) is 31.2 Å². The van der Waals surface area contributed by atoms with E-state index in [1.165, 1.54) is 0 Å². The molecule has 2 aromatic rings. The summed E-state index contributed by atoms with van der Waals surface area (Å²) in [5, 5.41) is 39.6. The average molecular weight is 450 g/mol. The van der Waals surface area contributed by atoms with E-state index in [0.29, 0.717) is 13.2 Å². The molecule has 3 rings (SSSR count). The first kappa shape index (κ1) is 24.8. The lowest BCUT2D eigenvalue weighted by atomic mass is 9.99. The Morgan fingerprint density at radius 3 is 2.34 bits per heavy atom. The lowest BCUT2D eigenvalue weighted by Gasteiger charge is -2.38. The van der Waals surface area contributed by atoms with E-state index in [2.05, 4.69) is 11.1 Å². The van der Waals surface area contributed by atoms with E-state index in [0.717, 1.165) is 60.9 Å². The molecule has 1 aromatic heterocycles. The molecule has 0 bridgehead atoms. The molecule has 0 amide bonds.